The third-order valence-corrected chi connectivity index (χ3v) is 4.60. The van der Waals surface area contributed by atoms with Crippen LogP contribution in [0.4, 0.5) is 13.2 Å². The van der Waals surface area contributed by atoms with Crippen molar-refractivity contribution in [3.63, 3.8) is 0 Å². The van der Waals surface area contributed by atoms with Crippen LogP contribution in [0.5, 0.6) is 0 Å². The van der Waals surface area contributed by atoms with Crippen LogP contribution in [-0.4, -0.2) is 50.6 Å². The van der Waals surface area contributed by atoms with Crippen LogP contribution in [-0.2, 0) is 0 Å². The smallest absolute Gasteiger partial charge is 0.380 e. The number of nitrogens with zero attached hydrogens (tertiary/aromatic N) is 3. The molecule has 0 bridgehead atoms. The average Bonchev–Trinajstić information content (AvgIpc) is 3.08. The van der Waals surface area contributed by atoms with E-state index in [-0.39, 0.29) is 19.0 Å². The summed E-state index contributed by atoms with van der Waals surface area (Å²) in [4.78, 5) is 13.9. The first-order valence-corrected chi connectivity index (χ1v) is 7.90. The number of likely N-dealkylation sites (tertiary alicyclic amines) is 1. The van der Waals surface area contributed by atoms with Gasteiger partial charge in [-0.2, -0.15) is 18.3 Å². The molecule has 1 aromatic carbocycles. The zero-order valence-corrected chi connectivity index (χ0v) is 13.6. The van der Waals surface area contributed by atoms with E-state index in [0.29, 0.717) is 5.56 Å². The van der Waals surface area contributed by atoms with E-state index in [2.05, 4.69) is 5.10 Å². The number of amides is 1. The molecule has 0 radical (unpaired) electrons. The minimum Gasteiger partial charge on any atom is -0.380 e. The van der Waals surface area contributed by atoms with E-state index in [1.807, 2.05) is 6.92 Å². The van der Waals surface area contributed by atoms with E-state index in [0.717, 1.165) is 11.3 Å². The molecule has 0 spiro atoms. The fourth-order valence-electron chi connectivity index (χ4n) is 3.00. The molecule has 1 N–H and O–H groups in total. The Bertz CT molecular complexity index is 764. The first kappa shape index (κ1) is 17.5. The molecule has 0 unspecified atom stereocenters. The second kappa shape index (κ2) is 6.18. The molecule has 1 aliphatic rings. The van der Waals surface area contributed by atoms with Crippen LogP contribution < -0.4 is 0 Å². The maximum Gasteiger partial charge on any atom is 0.417 e. The third kappa shape index (κ3) is 3.26. The highest BCUT2D eigenvalue weighted by Gasteiger charge is 2.54. The third-order valence-electron chi connectivity index (χ3n) is 4.60. The highest BCUT2D eigenvalue weighted by molar-refractivity contribution is 5.94. The number of hydrogen-bond donors (Lipinski definition) is 1. The summed E-state index contributed by atoms with van der Waals surface area (Å²) in [5.41, 5.74) is -0.639. The van der Waals surface area contributed by atoms with Crippen molar-refractivity contribution < 1.29 is 23.1 Å². The second-order valence-electron chi connectivity index (χ2n) is 6.27. The first-order valence-electron chi connectivity index (χ1n) is 7.90. The number of aryl methyl sites for hydroxylation is 1. The summed E-state index contributed by atoms with van der Waals surface area (Å²) in [5, 5.41) is 13.8. The topological polar surface area (TPSA) is 58.4 Å². The largest absolute Gasteiger partial charge is 0.417 e. The molecular formula is C17H18F3N3O2. The van der Waals surface area contributed by atoms with E-state index in [9.17, 15) is 23.1 Å². The van der Waals surface area contributed by atoms with Gasteiger partial charge < -0.3 is 10.0 Å². The maximum atomic E-state index is 12.8. The van der Waals surface area contributed by atoms with Crippen LogP contribution in [0.25, 0.3) is 5.69 Å². The predicted molar refractivity (Wildman–Crippen MR) is 84.4 cm³/mol. The van der Waals surface area contributed by atoms with Crippen molar-refractivity contribution in [3.8, 4) is 5.69 Å². The van der Waals surface area contributed by atoms with Gasteiger partial charge in [0.1, 0.15) is 0 Å². The lowest BCUT2D eigenvalue weighted by atomic mass is 9.90. The summed E-state index contributed by atoms with van der Waals surface area (Å²) in [5.74, 6) is -0.334. The standard InChI is InChI=1S/C17H18F3N3O2/c1-12-11-13(3-4-14(12)23-8-2-7-21-23)15(24)22-9-5-16(25,6-10-22)17(18,19)20/h2-4,7-8,11,25H,5-6,9-10H2,1H3. The number of alkyl halides is 3. The Balaban J connectivity index is 1.73. The Kier molecular flexibility index (Phi) is 4.32. The molecule has 0 atom stereocenters. The van der Waals surface area contributed by atoms with Gasteiger partial charge in [0, 0.05) is 43.9 Å². The molecule has 8 heteroatoms. The number of hydrogen-bond acceptors (Lipinski definition) is 3. The van der Waals surface area contributed by atoms with Crippen LogP contribution in [0.1, 0.15) is 28.8 Å². The van der Waals surface area contributed by atoms with Crippen molar-refractivity contribution in [1.29, 1.82) is 0 Å². The summed E-state index contributed by atoms with van der Waals surface area (Å²) >= 11 is 0. The molecule has 1 saturated heterocycles. The summed E-state index contributed by atoms with van der Waals surface area (Å²) in [6.07, 6.45) is -2.26. The number of aliphatic hydroxyl groups is 1. The fourth-order valence-corrected chi connectivity index (χ4v) is 3.00. The highest BCUT2D eigenvalue weighted by Crippen LogP contribution is 2.38. The molecule has 2 aromatic rings. The van der Waals surface area contributed by atoms with Gasteiger partial charge in [-0.15, -0.1) is 0 Å². The maximum absolute atomic E-state index is 12.8. The normalized spacial score (nSPS) is 17.6. The molecule has 1 fully saturated rings. The quantitative estimate of drug-likeness (QED) is 0.903. The van der Waals surface area contributed by atoms with Gasteiger partial charge in [0.15, 0.2) is 5.60 Å². The molecule has 0 aliphatic carbocycles. The Morgan fingerprint density at radius 1 is 1.28 bits per heavy atom. The average molecular weight is 353 g/mol. The van der Waals surface area contributed by atoms with Gasteiger partial charge in [-0.1, -0.05) is 0 Å². The van der Waals surface area contributed by atoms with Crippen molar-refractivity contribution in [2.75, 3.05) is 13.1 Å². The molecule has 1 aliphatic heterocycles. The van der Waals surface area contributed by atoms with E-state index in [1.165, 1.54) is 4.90 Å². The Hall–Kier alpha value is -2.35. The molecule has 134 valence electrons. The van der Waals surface area contributed by atoms with Crippen LogP contribution >= 0.6 is 0 Å². The van der Waals surface area contributed by atoms with Gasteiger partial charge in [-0.25, -0.2) is 4.68 Å². The molecule has 25 heavy (non-hydrogen) atoms. The lowest BCUT2D eigenvalue weighted by molar-refractivity contribution is -0.271. The number of piperidine rings is 1. The monoisotopic (exact) mass is 353 g/mol. The van der Waals surface area contributed by atoms with Crippen molar-refractivity contribution in [2.45, 2.75) is 31.5 Å². The lowest BCUT2D eigenvalue weighted by Crippen LogP contribution is -2.54. The van der Waals surface area contributed by atoms with Gasteiger partial charge in [0.25, 0.3) is 5.91 Å². The van der Waals surface area contributed by atoms with Crippen molar-refractivity contribution in [2.24, 2.45) is 0 Å². The van der Waals surface area contributed by atoms with Crippen LogP contribution in [0.15, 0.2) is 36.7 Å². The van der Waals surface area contributed by atoms with E-state index >= 15 is 0 Å². The van der Waals surface area contributed by atoms with E-state index in [4.69, 9.17) is 0 Å². The van der Waals surface area contributed by atoms with Gasteiger partial charge in [-0.05, 0) is 36.8 Å². The number of benzene rings is 1. The molecule has 1 amide bonds. The minimum absolute atomic E-state index is 0.130. The van der Waals surface area contributed by atoms with Crippen molar-refractivity contribution >= 4 is 5.91 Å². The van der Waals surface area contributed by atoms with E-state index in [1.54, 1.807) is 41.3 Å². The summed E-state index contributed by atoms with van der Waals surface area (Å²) < 4.78 is 40.2. The lowest BCUT2D eigenvalue weighted by Gasteiger charge is -2.39. The van der Waals surface area contributed by atoms with E-state index < -0.39 is 24.6 Å². The van der Waals surface area contributed by atoms with Crippen molar-refractivity contribution in [1.82, 2.24) is 14.7 Å². The Morgan fingerprint density at radius 2 is 1.96 bits per heavy atom. The number of aromatic nitrogens is 2. The summed E-state index contributed by atoms with van der Waals surface area (Å²) in [7, 11) is 0. The van der Waals surface area contributed by atoms with Crippen LogP contribution in [0, 0.1) is 6.92 Å². The minimum atomic E-state index is -4.68. The number of carbonyl (C=O) groups is 1. The number of carbonyl (C=O) groups excluding carboxylic acids is 1. The second-order valence-corrected chi connectivity index (χ2v) is 6.27. The zero-order chi connectivity index (χ0) is 18.2. The van der Waals surface area contributed by atoms with Gasteiger partial charge in [-0.3, -0.25) is 4.79 Å². The first-order chi connectivity index (χ1) is 11.7. The van der Waals surface area contributed by atoms with Gasteiger partial charge >= 0.3 is 6.18 Å². The zero-order valence-electron chi connectivity index (χ0n) is 13.6. The highest BCUT2D eigenvalue weighted by atomic mass is 19.4. The number of rotatable bonds is 2. The van der Waals surface area contributed by atoms with Crippen LogP contribution in [0.3, 0.4) is 0 Å². The molecular weight excluding hydrogens is 335 g/mol. The van der Waals surface area contributed by atoms with Crippen LogP contribution in [0.2, 0.25) is 0 Å². The SMILES string of the molecule is Cc1cc(C(=O)N2CCC(O)(C(F)(F)F)CC2)ccc1-n1cccn1. The Labute approximate surface area is 142 Å². The number of halogens is 3. The summed E-state index contributed by atoms with van der Waals surface area (Å²) in [6.45, 7) is 1.58. The molecule has 0 saturated carbocycles. The van der Waals surface area contributed by atoms with Gasteiger partial charge in [0.2, 0.25) is 0 Å². The Morgan fingerprint density at radius 3 is 2.48 bits per heavy atom. The molecule has 5 nitrogen and oxygen atoms in total. The molecule has 2 heterocycles. The molecule has 3 rings (SSSR count). The molecule has 1 aromatic heterocycles. The predicted octanol–water partition coefficient (Wildman–Crippen LogP) is 2.71. The summed E-state index contributed by atoms with van der Waals surface area (Å²) in [6, 6.07) is 6.88. The van der Waals surface area contributed by atoms with Crippen molar-refractivity contribution in [3.05, 3.63) is 47.8 Å². The van der Waals surface area contributed by atoms with Gasteiger partial charge in [0.05, 0.1) is 5.69 Å². The fraction of sp³-hybridized carbons (Fsp3) is 0.412.